The van der Waals surface area contributed by atoms with Crippen LogP contribution in [-0.2, 0) is 6.42 Å². The highest BCUT2D eigenvalue weighted by Gasteiger charge is 2.12. The van der Waals surface area contributed by atoms with E-state index in [0.29, 0.717) is 23.4 Å². The van der Waals surface area contributed by atoms with Crippen molar-refractivity contribution in [3.8, 4) is 0 Å². The summed E-state index contributed by atoms with van der Waals surface area (Å²) in [5.74, 6) is -0.355. The average Bonchev–Trinajstić information content (AvgIpc) is 3.01. The first-order chi connectivity index (χ1) is 13.4. The van der Waals surface area contributed by atoms with Crippen LogP contribution in [0.25, 0.3) is 0 Å². The molecule has 0 saturated carbocycles. The molecule has 0 saturated heterocycles. The summed E-state index contributed by atoms with van der Waals surface area (Å²) in [5.41, 5.74) is 3.66. The number of carbonyl (C=O) groups is 2. The van der Waals surface area contributed by atoms with Gasteiger partial charge in [-0.1, -0.05) is 24.3 Å². The zero-order chi connectivity index (χ0) is 20.1. The minimum atomic E-state index is -0.197. The van der Waals surface area contributed by atoms with Crippen molar-refractivity contribution in [3.05, 3.63) is 80.8 Å². The molecule has 0 aliphatic rings. The maximum Gasteiger partial charge on any atom is 0.255 e. The molecule has 0 fully saturated rings. The van der Waals surface area contributed by atoms with Gasteiger partial charge in [0.1, 0.15) is 0 Å². The molecule has 0 radical (unpaired) electrons. The van der Waals surface area contributed by atoms with Crippen molar-refractivity contribution in [3.63, 3.8) is 0 Å². The molecule has 2 N–H and O–H groups in total. The highest BCUT2D eigenvalue weighted by molar-refractivity contribution is 7.11. The summed E-state index contributed by atoms with van der Waals surface area (Å²) in [6, 6.07) is 14.3. The second-order valence-corrected chi connectivity index (χ2v) is 7.88. The normalized spacial score (nSPS) is 10.5. The lowest BCUT2D eigenvalue weighted by molar-refractivity contribution is 0.0952. The quantitative estimate of drug-likeness (QED) is 0.656. The van der Waals surface area contributed by atoms with Crippen molar-refractivity contribution in [1.29, 1.82) is 0 Å². The molecule has 0 aliphatic carbocycles. The molecule has 0 bridgehead atoms. The first-order valence-electron chi connectivity index (χ1n) is 9.12. The lowest BCUT2D eigenvalue weighted by Crippen LogP contribution is -2.26. The van der Waals surface area contributed by atoms with E-state index in [9.17, 15) is 9.59 Å². The fourth-order valence-electron chi connectivity index (χ4n) is 2.88. The van der Waals surface area contributed by atoms with E-state index in [-0.39, 0.29) is 11.8 Å². The molecule has 28 heavy (non-hydrogen) atoms. The second-order valence-electron chi connectivity index (χ2n) is 6.60. The van der Waals surface area contributed by atoms with Crippen molar-refractivity contribution in [2.24, 2.45) is 0 Å². The van der Waals surface area contributed by atoms with E-state index in [2.05, 4.69) is 15.6 Å². The summed E-state index contributed by atoms with van der Waals surface area (Å²) in [6.45, 7) is 6.41. The monoisotopic (exact) mass is 393 g/mol. The topological polar surface area (TPSA) is 71.1 Å². The van der Waals surface area contributed by atoms with Gasteiger partial charge in [0.25, 0.3) is 11.8 Å². The number of aryl methyl sites for hydroxylation is 3. The van der Waals surface area contributed by atoms with Crippen LogP contribution in [0.4, 0.5) is 5.69 Å². The molecule has 0 atom stereocenters. The Morgan fingerprint density at radius 1 is 0.964 bits per heavy atom. The predicted molar refractivity (Wildman–Crippen MR) is 113 cm³/mol. The number of benzene rings is 2. The van der Waals surface area contributed by atoms with Crippen LogP contribution in [-0.4, -0.2) is 23.3 Å². The third-order valence-electron chi connectivity index (χ3n) is 4.42. The highest BCUT2D eigenvalue weighted by atomic mass is 32.1. The number of nitrogens with one attached hydrogen (secondary N) is 2. The molecule has 0 spiro atoms. The summed E-state index contributed by atoms with van der Waals surface area (Å²) < 4.78 is 0. The Balaban J connectivity index is 1.64. The molecule has 144 valence electrons. The van der Waals surface area contributed by atoms with E-state index < -0.39 is 0 Å². The number of amides is 2. The maximum absolute atomic E-state index is 12.5. The van der Waals surface area contributed by atoms with Crippen LogP contribution in [0, 0.1) is 20.8 Å². The Bertz CT molecular complexity index is 996. The molecule has 1 aromatic heterocycles. The van der Waals surface area contributed by atoms with Crippen molar-refractivity contribution in [2.75, 3.05) is 11.9 Å². The smallest absolute Gasteiger partial charge is 0.255 e. The van der Waals surface area contributed by atoms with Gasteiger partial charge in [0.05, 0.1) is 10.7 Å². The SMILES string of the molecule is Cc1nc(C)c(CCNC(=O)c2ccc(C)c(NC(=O)c3ccccc3)c2)s1. The van der Waals surface area contributed by atoms with E-state index in [4.69, 9.17) is 0 Å². The Kier molecular flexibility index (Phi) is 6.21. The Morgan fingerprint density at radius 2 is 1.71 bits per heavy atom. The van der Waals surface area contributed by atoms with Crippen molar-refractivity contribution < 1.29 is 9.59 Å². The van der Waals surface area contributed by atoms with Crippen molar-refractivity contribution >= 4 is 28.8 Å². The summed E-state index contributed by atoms with van der Waals surface area (Å²) in [5, 5.41) is 6.87. The van der Waals surface area contributed by atoms with Crippen LogP contribution >= 0.6 is 11.3 Å². The molecule has 0 unspecified atom stereocenters. The fraction of sp³-hybridized carbons (Fsp3) is 0.227. The third kappa shape index (κ3) is 4.84. The van der Waals surface area contributed by atoms with Gasteiger partial charge in [0, 0.05) is 34.7 Å². The molecule has 2 amide bonds. The largest absolute Gasteiger partial charge is 0.352 e. The van der Waals surface area contributed by atoms with E-state index in [1.807, 2.05) is 45.0 Å². The van der Waals surface area contributed by atoms with E-state index in [1.54, 1.807) is 35.6 Å². The van der Waals surface area contributed by atoms with Crippen molar-refractivity contribution in [1.82, 2.24) is 10.3 Å². The molecular formula is C22H23N3O2S. The van der Waals surface area contributed by atoms with Gasteiger partial charge in [-0.3, -0.25) is 9.59 Å². The van der Waals surface area contributed by atoms with Gasteiger partial charge in [0.15, 0.2) is 0 Å². The van der Waals surface area contributed by atoms with Crippen LogP contribution in [0.3, 0.4) is 0 Å². The first-order valence-corrected chi connectivity index (χ1v) is 9.94. The molecular weight excluding hydrogens is 370 g/mol. The molecule has 5 nitrogen and oxygen atoms in total. The Hall–Kier alpha value is -2.99. The number of hydrogen-bond acceptors (Lipinski definition) is 4. The second kappa shape index (κ2) is 8.80. The Labute approximate surface area is 168 Å². The molecule has 1 heterocycles. The van der Waals surface area contributed by atoms with E-state index in [0.717, 1.165) is 22.7 Å². The first kappa shape index (κ1) is 19.8. The van der Waals surface area contributed by atoms with Gasteiger partial charge in [-0.05, 0) is 50.6 Å². The number of carbonyl (C=O) groups excluding carboxylic acids is 2. The molecule has 0 aliphatic heterocycles. The number of anilines is 1. The molecule has 3 aromatic rings. The number of thiazole rings is 1. The third-order valence-corrected chi connectivity index (χ3v) is 5.55. The van der Waals surface area contributed by atoms with Crippen LogP contribution < -0.4 is 10.6 Å². The number of aromatic nitrogens is 1. The van der Waals surface area contributed by atoms with Crippen molar-refractivity contribution in [2.45, 2.75) is 27.2 Å². The summed E-state index contributed by atoms with van der Waals surface area (Å²) in [7, 11) is 0. The summed E-state index contributed by atoms with van der Waals surface area (Å²) in [6.07, 6.45) is 0.756. The number of rotatable bonds is 6. The summed E-state index contributed by atoms with van der Waals surface area (Å²) in [4.78, 5) is 30.5. The minimum Gasteiger partial charge on any atom is -0.352 e. The zero-order valence-electron chi connectivity index (χ0n) is 16.2. The molecule has 3 rings (SSSR count). The van der Waals surface area contributed by atoms with Crippen LogP contribution in [0.15, 0.2) is 48.5 Å². The van der Waals surface area contributed by atoms with Gasteiger partial charge in [-0.25, -0.2) is 4.98 Å². The van der Waals surface area contributed by atoms with Gasteiger partial charge < -0.3 is 10.6 Å². The summed E-state index contributed by atoms with van der Waals surface area (Å²) >= 11 is 1.66. The van der Waals surface area contributed by atoms with Gasteiger partial charge >= 0.3 is 0 Å². The van der Waals surface area contributed by atoms with Crippen LogP contribution in [0.2, 0.25) is 0 Å². The highest BCUT2D eigenvalue weighted by Crippen LogP contribution is 2.19. The van der Waals surface area contributed by atoms with E-state index >= 15 is 0 Å². The van der Waals surface area contributed by atoms with Crippen LogP contribution in [0.1, 0.15) is 41.9 Å². The van der Waals surface area contributed by atoms with Gasteiger partial charge in [-0.15, -0.1) is 11.3 Å². The standard InChI is InChI=1S/C22H23N3O2S/c1-14-9-10-18(13-19(14)25-22(27)17-7-5-4-6-8-17)21(26)23-12-11-20-15(2)24-16(3)28-20/h4-10,13H,11-12H2,1-3H3,(H,23,26)(H,25,27). The van der Waals surface area contributed by atoms with E-state index in [1.165, 1.54) is 4.88 Å². The lowest BCUT2D eigenvalue weighted by atomic mass is 10.1. The zero-order valence-corrected chi connectivity index (χ0v) is 17.0. The Morgan fingerprint density at radius 3 is 2.39 bits per heavy atom. The average molecular weight is 394 g/mol. The van der Waals surface area contributed by atoms with Gasteiger partial charge in [-0.2, -0.15) is 0 Å². The number of nitrogens with zero attached hydrogens (tertiary/aromatic N) is 1. The molecule has 6 heteroatoms. The minimum absolute atomic E-state index is 0.158. The molecule has 2 aromatic carbocycles. The number of hydrogen-bond donors (Lipinski definition) is 2. The maximum atomic E-state index is 12.5. The van der Waals surface area contributed by atoms with Crippen LogP contribution in [0.5, 0.6) is 0 Å². The van der Waals surface area contributed by atoms with Gasteiger partial charge in [0.2, 0.25) is 0 Å². The predicted octanol–water partition coefficient (Wildman–Crippen LogP) is 4.29. The fourth-order valence-corrected chi connectivity index (χ4v) is 3.82. The lowest BCUT2D eigenvalue weighted by Gasteiger charge is -2.11.